The van der Waals surface area contributed by atoms with Crippen LogP contribution in [0.4, 0.5) is 4.79 Å². The van der Waals surface area contributed by atoms with Gasteiger partial charge in [0.1, 0.15) is 0 Å². The fraction of sp³-hybridized carbons (Fsp3) is 0.619. The Labute approximate surface area is 178 Å². The summed E-state index contributed by atoms with van der Waals surface area (Å²) < 4.78 is 33.1. The van der Waals surface area contributed by atoms with E-state index in [1.165, 1.54) is 4.31 Å². The molecule has 0 spiro atoms. The van der Waals surface area contributed by atoms with Crippen LogP contribution in [0.15, 0.2) is 35.2 Å². The zero-order chi connectivity index (χ0) is 21.6. The van der Waals surface area contributed by atoms with E-state index in [1.807, 2.05) is 0 Å². The van der Waals surface area contributed by atoms with Crippen molar-refractivity contribution in [1.82, 2.24) is 14.1 Å². The lowest BCUT2D eigenvalue weighted by molar-refractivity contribution is -0.133. The van der Waals surface area contributed by atoms with E-state index >= 15 is 0 Å². The largest absolute Gasteiger partial charge is 0.450 e. The fourth-order valence-corrected chi connectivity index (χ4v) is 5.75. The number of sulfonamides is 1. The summed E-state index contributed by atoms with van der Waals surface area (Å²) >= 11 is 0. The van der Waals surface area contributed by atoms with Crippen molar-refractivity contribution in [2.24, 2.45) is 0 Å². The Kier molecular flexibility index (Phi) is 7.71. The second-order valence-corrected chi connectivity index (χ2v) is 9.61. The van der Waals surface area contributed by atoms with E-state index in [9.17, 15) is 18.0 Å². The molecule has 2 amide bonds. The van der Waals surface area contributed by atoms with Crippen LogP contribution in [0.5, 0.6) is 0 Å². The molecule has 1 aliphatic carbocycles. The van der Waals surface area contributed by atoms with Crippen molar-refractivity contribution < 1.29 is 22.7 Å². The fourth-order valence-electron chi connectivity index (χ4n) is 4.09. The quantitative estimate of drug-likeness (QED) is 0.682. The number of piperazine rings is 1. The smallest absolute Gasteiger partial charge is 0.409 e. The summed E-state index contributed by atoms with van der Waals surface area (Å²) in [4.78, 5) is 28.3. The summed E-state index contributed by atoms with van der Waals surface area (Å²) in [5.74, 6) is -0.219. The Bertz CT molecular complexity index is 816. The molecule has 1 aromatic carbocycles. The van der Waals surface area contributed by atoms with Gasteiger partial charge in [-0.05, 0) is 31.9 Å². The molecule has 0 bridgehead atoms. The lowest BCUT2D eigenvalue weighted by Gasteiger charge is -2.37. The first-order valence-electron chi connectivity index (χ1n) is 10.7. The number of carbonyl (C=O) groups is 2. The summed E-state index contributed by atoms with van der Waals surface area (Å²) in [5.41, 5.74) is 0. The molecule has 9 heteroatoms. The highest BCUT2D eigenvalue weighted by Crippen LogP contribution is 2.28. The summed E-state index contributed by atoms with van der Waals surface area (Å²) in [7, 11) is -3.76. The Morgan fingerprint density at radius 3 is 2.20 bits per heavy atom. The van der Waals surface area contributed by atoms with E-state index in [1.54, 1.807) is 47.1 Å². The predicted octanol–water partition coefficient (Wildman–Crippen LogP) is 2.31. The molecular weight excluding hydrogens is 406 g/mol. The van der Waals surface area contributed by atoms with E-state index in [0.717, 1.165) is 32.1 Å². The van der Waals surface area contributed by atoms with Crippen LogP contribution >= 0.6 is 0 Å². The van der Waals surface area contributed by atoms with Gasteiger partial charge in [0.15, 0.2) is 0 Å². The van der Waals surface area contributed by atoms with E-state index in [2.05, 4.69) is 0 Å². The third kappa shape index (κ3) is 5.31. The molecule has 8 nitrogen and oxygen atoms in total. The van der Waals surface area contributed by atoms with Gasteiger partial charge in [0.05, 0.1) is 18.0 Å². The Morgan fingerprint density at radius 2 is 1.60 bits per heavy atom. The van der Waals surface area contributed by atoms with Gasteiger partial charge in [0.2, 0.25) is 15.9 Å². The summed E-state index contributed by atoms with van der Waals surface area (Å²) in [6.07, 6.45) is 4.21. The molecule has 1 aliphatic heterocycles. The van der Waals surface area contributed by atoms with E-state index in [4.69, 9.17) is 4.74 Å². The standard InChI is InChI=1S/C21H31N3O5S/c1-2-29-21(26)23-15-13-22(14-16-23)20(25)17-24(18-9-5-3-6-10-18)30(27,28)19-11-7-4-8-12-19/h4,7-8,11-12,18H,2-3,5-6,9-10,13-17H2,1H3. The van der Waals surface area contributed by atoms with E-state index in [-0.39, 0.29) is 29.5 Å². The number of hydrogen-bond donors (Lipinski definition) is 0. The van der Waals surface area contributed by atoms with E-state index in [0.29, 0.717) is 32.8 Å². The molecule has 1 heterocycles. The number of hydrogen-bond acceptors (Lipinski definition) is 5. The lowest BCUT2D eigenvalue weighted by Crippen LogP contribution is -2.54. The molecule has 166 valence electrons. The SMILES string of the molecule is CCOC(=O)N1CCN(C(=O)CN(C2CCCCC2)S(=O)(=O)c2ccccc2)CC1. The minimum Gasteiger partial charge on any atom is -0.450 e. The molecule has 0 unspecified atom stereocenters. The second kappa shape index (κ2) is 10.3. The molecule has 2 aliphatic rings. The van der Waals surface area contributed by atoms with Crippen molar-refractivity contribution in [3.8, 4) is 0 Å². The molecule has 0 N–H and O–H groups in total. The molecule has 1 saturated carbocycles. The Morgan fingerprint density at radius 1 is 1.00 bits per heavy atom. The van der Waals surface area contributed by atoms with Gasteiger partial charge in [-0.3, -0.25) is 4.79 Å². The summed E-state index contributed by atoms with van der Waals surface area (Å²) in [5, 5.41) is 0. The number of nitrogens with zero attached hydrogens (tertiary/aromatic N) is 3. The average molecular weight is 438 g/mol. The minimum absolute atomic E-state index is 0.159. The van der Waals surface area contributed by atoms with Gasteiger partial charge in [0.25, 0.3) is 0 Å². The number of amides is 2. The predicted molar refractivity (Wildman–Crippen MR) is 112 cm³/mol. The van der Waals surface area contributed by atoms with Crippen molar-refractivity contribution in [1.29, 1.82) is 0 Å². The molecule has 1 saturated heterocycles. The maximum Gasteiger partial charge on any atom is 0.409 e. The van der Waals surface area contributed by atoms with Crippen LogP contribution in [-0.4, -0.2) is 79.9 Å². The highest BCUT2D eigenvalue weighted by molar-refractivity contribution is 7.89. The van der Waals surface area contributed by atoms with Crippen LogP contribution in [0.3, 0.4) is 0 Å². The second-order valence-electron chi connectivity index (χ2n) is 7.72. The molecule has 2 fully saturated rings. The van der Waals surface area contributed by atoms with Gasteiger partial charge in [0, 0.05) is 32.2 Å². The van der Waals surface area contributed by atoms with Crippen LogP contribution in [-0.2, 0) is 19.6 Å². The van der Waals surface area contributed by atoms with Crippen molar-refractivity contribution in [3.63, 3.8) is 0 Å². The van der Waals surface area contributed by atoms with Gasteiger partial charge < -0.3 is 14.5 Å². The van der Waals surface area contributed by atoms with Crippen molar-refractivity contribution in [2.75, 3.05) is 39.3 Å². The van der Waals surface area contributed by atoms with Gasteiger partial charge in [-0.2, -0.15) is 4.31 Å². The monoisotopic (exact) mass is 437 g/mol. The number of rotatable bonds is 6. The molecule has 0 atom stereocenters. The van der Waals surface area contributed by atoms with Gasteiger partial charge in [-0.1, -0.05) is 37.5 Å². The minimum atomic E-state index is -3.76. The van der Waals surface area contributed by atoms with Crippen LogP contribution in [0.2, 0.25) is 0 Å². The van der Waals surface area contributed by atoms with E-state index < -0.39 is 10.0 Å². The Hall–Kier alpha value is -2.13. The zero-order valence-electron chi connectivity index (χ0n) is 17.5. The highest BCUT2D eigenvalue weighted by atomic mass is 32.2. The average Bonchev–Trinajstić information content (AvgIpc) is 2.78. The third-order valence-electron chi connectivity index (χ3n) is 5.78. The highest BCUT2D eigenvalue weighted by Gasteiger charge is 2.35. The summed E-state index contributed by atoms with van der Waals surface area (Å²) in [6.45, 7) is 3.43. The zero-order valence-corrected chi connectivity index (χ0v) is 18.3. The molecule has 0 aromatic heterocycles. The number of benzene rings is 1. The topological polar surface area (TPSA) is 87.2 Å². The first-order valence-corrected chi connectivity index (χ1v) is 12.1. The summed E-state index contributed by atoms with van der Waals surface area (Å²) in [6, 6.07) is 8.17. The molecule has 1 aromatic rings. The third-order valence-corrected chi connectivity index (χ3v) is 7.69. The van der Waals surface area contributed by atoms with Crippen LogP contribution in [0, 0.1) is 0 Å². The Balaban J connectivity index is 1.71. The maximum atomic E-state index is 13.3. The molecule has 30 heavy (non-hydrogen) atoms. The van der Waals surface area contributed by atoms with Crippen molar-refractivity contribution >= 4 is 22.0 Å². The van der Waals surface area contributed by atoms with Crippen molar-refractivity contribution in [2.45, 2.75) is 50.0 Å². The first kappa shape index (κ1) is 22.6. The van der Waals surface area contributed by atoms with Gasteiger partial charge in [-0.25, -0.2) is 13.2 Å². The molecule has 0 radical (unpaired) electrons. The number of carbonyl (C=O) groups excluding carboxylic acids is 2. The molecular formula is C21H31N3O5S. The lowest BCUT2D eigenvalue weighted by atomic mass is 9.95. The van der Waals surface area contributed by atoms with Crippen LogP contribution < -0.4 is 0 Å². The van der Waals surface area contributed by atoms with Crippen LogP contribution in [0.1, 0.15) is 39.0 Å². The van der Waals surface area contributed by atoms with Gasteiger partial charge >= 0.3 is 6.09 Å². The molecule has 3 rings (SSSR count). The maximum absolute atomic E-state index is 13.3. The normalized spacial score (nSPS) is 18.5. The first-order chi connectivity index (χ1) is 14.4. The number of ether oxygens (including phenoxy) is 1. The van der Waals surface area contributed by atoms with Crippen LogP contribution in [0.25, 0.3) is 0 Å². The van der Waals surface area contributed by atoms with Crippen molar-refractivity contribution in [3.05, 3.63) is 30.3 Å². The van der Waals surface area contributed by atoms with Gasteiger partial charge in [-0.15, -0.1) is 0 Å².